The van der Waals surface area contributed by atoms with E-state index in [-0.39, 0.29) is 97.6 Å². The summed E-state index contributed by atoms with van der Waals surface area (Å²) < 4.78 is 60.9. The molecule has 3 aliphatic heterocycles. The number of aromatic nitrogens is 6. The number of non-ortho nitro benzene ring substituents is 2. The number of carbonyl (C=O) groups is 2. The minimum absolute atomic E-state index is 0. The zero-order valence-electron chi connectivity index (χ0n) is 40.2. The van der Waals surface area contributed by atoms with Gasteiger partial charge in [0.2, 0.25) is 11.9 Å². The first kappa shape index (κ1) is 67.0. The lowest BCUT2D eigenvalue weighted by molar-refractivity contribution is -0.385. The lowest BCUT2D eigenvalue weighted by atomic mass is 10.2. The fourth-order valence-electron chi connectivity index (χ4n) is 6.59. The number of carbonyl (C=O) groups excluding carboxylic acids is 2. The van der Waals surface area contributed by atoms with Gasteiger partial charge in [0.1, 0.15) is 36.2 Å². The molecule has 2 aromatic carbocycles. The highest BCUT2D eigenvalue weighted by Crippen LogP contribution is 2.57. The molecule has 3 saturated heterocycles. The Morgan fingerprint density at radius 2 is 1.25 bits per heavy atom. The van der Waals surface area contributed by atoms with E-state index in [0.717, 1.165) is 24.3 Å². The normalized spacial score (nSPS) is 22.1. The van der Waals surface area contributed by atoms with E-state index in [2.05, 4.69) is 30.1 Å². The van der Waals surface area contributed by atoms with E-state index in [4.69, 9.17) is 44.1 Å². The van der Waals surface area contributed by atoms with Gasteiger partial charge in [-0.1, -0.05) is 22.3 Å². The Bertz CT molecular complexity index is 2770. The molecule has 77 heavy (non-hydrogen) atoms. The van der Waals surface area contributed by atoms with Crippen LogP contribution >= 0.6 is 39.0 Å². The molecular weight excluding hydrogens is 1100 g/mol. The first-order valence-electron chi connectivity index (χ1n) is 22.2. The fourth-order valence-corrected chi connectivity index (χ4v) is 12.9. The van der Waals surface area contributed by atoms with Gasteiger partial charge in [-0.2, -0.15) is 15.1 Å². The second kappa shape index (κ2) is 29.6. The Balaban J connectivity index is 0.000000404. The van der Waals surface area contributed by atoms with Crippen LogP contribution in [0.1, 0.15) is 87.4 Å². The predicted molar refractivity (Wildman–Crippen MR) is 286 cm³/mol. The molecule has 2 aromatic heterocycles. The molecule has 5 heterocycles. The van der Waals surface area contributed by atoms with Crippen LogP contribution in [0.25, 0.3) is 0 Å². The number of fused-ring (bicyclic) bond motifs is 1. The summed E-state index contributed by atoms with van der Waals surface area (Å²) in [5, 5.41) is 44.3. The maximum Gasteiger partial charge on any atom is 0.513 e. The molecule has 7 rings (SSSR count). The molecule has 0 spiro atoms. The van der Waals surface area contributed by atoms with E-state index in [1.54, 1.807) is 27.7 Å². The molecule has 8 N–H and O–H groups in total. The zero-order chi connectivity index (χ0) is 54.7. The molecule has 3 fully saturated rings. The summed E-state index contributed by atoms with van der Waals surface area (Å²) >= 11 is 2.79. The number of nitrogens with zero attached hydrogens (tertiary/aromatic N) is 8. The van der Waals surface area contributed by atoms with E-state index < -0.39 is 79.1 Å². The standard InChI is InChI=1S/C18H20N3O9P.C14H22N5O6PS.C8H12N4O3S.3CH4/c1-12(2)28-18(22)13(3)19-31(27,29-16-8-4-14(5-9-16)20(23)24)30-17-10-6-15(7-11-17)21(25)26;1-7(2)24-12(20)8(3)18-26(22)23-5-10-9(25-26)4-11(27-10)19-6-16-13(15)17-14(19)21;9-7-10-3-12(8(15)11-7)6-1-4(14)5(2-13)16-6;;;/h4-13H,1-3H3,(H,19,27);6-11H,4-5H2,1-3H3,(H,18,22)(H2,15,17,21);3-6,13-14H,1-2H2,(H2,9,11,15);3*1H4/t13-;8-,9+,10+,11+,26?;4-,5-,6-;;;/m001.../s1. The van der Waals surface area contributed by atoms with Gasteiger partial charge in [0.15, 0.2) is 0 Å². The van der Waals surface area contributed by atoms with Crippen molar-refractivity contribution in [1.82, 2.24) is 39.2 Å². The molecule has 0 bridgehead atoms. The largest absolute Gasteiger partial charge is 0.513 e. The number of thioether (sulfide) groups is 2. The molecule has 428 valence electrons. The average molecular weight is 1170 g/mol. The van der Waals surface area contributed by atoms with E-state index in [0.29, 0.717) is 12.8 Å². The van der Waals surface area contributed by atoms with Gasteiger partial charge in [-0.15, -0.1) is 23.5 Å². The number of nitro groups is 2. The topological polar surface area (TPSA) is 422 Å². The number of ether oxygens (including phenoxy) is 2. The van der Waals surface area contributed by atoms with Gasteiger partial charge in [0, 0.05) is 37.1 Å². The van der Waals surface area contributed by atoms with Crippen LogP contribution in [-0.2, 0) is 37.2 Å². The van der Waals surface area contributed by atoms with Crippen LogP contribution in [0.15, 0.2) is 70.8 Å². The summed E-state index contributed by atoms with van der Waals surface area (Å²) in [6.07, 6.45) is 1.73. The molecule has 0 saturated carbocycles. The maximum atomic E-state index is 13.4. The average Bonchev–Trinajstić information content (AvgIpc) is 3.91. The third-order valence-corrected chi connectivity index (χ3v) is 16.4. The molecule has 3 aliphatic rings. The number of anilines is 2. The van der Waals surface area contributed by atoms with E-state index in [1.165, 1.54) is 83.4 Å². The number of aliphatic hydroxyl groups excluding tert-OH is 2. The van der Waals surface area contributed by atoms with Crippen LogP contribution in [0.2, 0.25) is 0 Å². The number of nitro benzene ring substituents is 2. The monoisotopic (exact) mass is 1160 g/mol. The second-order valence-corrected chi connectivity index (χ2v) is 22.8. The van der Waals surface area contributed by atoms with Gasteiger partial charge in [-0.3, -0.25) is 48.0 Å². The van der Waals surface area contributed by atoms with Crippen LogP contribution in [0.3, 0.4) is 0 Å². The van der Waals surface area contributed by atoms with Crippen LogP contribution in [-0.4, -0.2) is 121 Å². The molecular formula is C43H66N12O18P2S2. The quantitative estimate of drug-likeness (QED) is 0.0344. The molecule has 0 amide bonds. The van der Waals surface area contributed by atoms with E-state index in [1.807, 2.05) is 0 Å². The van der Waals surface area contributed by atoms with Gasteiger partial charge in [-0.25, -0.2) is 33.8 Å². The molecule has 0 aliphatic carbocycles. The Morgan fingerprint density at radius 3 is 1.65 bits per heavy atom. The third-order valence-electron chi connectivity index (χ3n) is 10.0. The third kappa shape index (κ3) is 19.4. The van der Waals surface area contributed by atoms with Gasteiger partial charge in [0.25, 0.3) is 11.4 Å². The van der Waals surface area contributed by atoms with E-state index >= 15 is 0 Å². The Kier molecular flexibility index (Phi) is 25.8. The Labute approximate surface area is 451 Å². The Morgan fingerprint density at radius 1 is 0.805 bits per heavy atom. The molecule has 30 nitrogen and oxygen atoms in total. The fraction of sp³-hybridized carbons (Fsp3) is 0.535. The zero-order valence-corrected chi connectivity index (χ0v) is 43.7. The second-order valence-electron chi connectivity index (χ2n) is 16.6. The Hall–Kier alpha value is -6.08. The van der Waals surface area contributed by atoms with Crippen molar-refractivity contribution in [3.05, 3.63) is 102 Å². The van der Waals surface area contributed by atoms with Gasteiger partial charge in [-0.05, 0) is 65.8 Å². The highest BCUT2D eigenvalue weighted by atomic mass is 32.2. The number of benzene rings is 2. The van der Waals surface area contributed by atoms with Crippen LogP contribution < -0.4 is 42.1 Å². The first-order valence-corrected chi connectivity index (χ1v) is 27.1. The SMILES string of the molecule is C.C.C.CC(C)OC(=O)[C@H](C)NP(=O)(Oc1ccc([N+](=O)[O-])cc1)Oc1ccc([N+](=O)[O-])cc1.CC(C)OC(=O)[C@H](C)NP1(=O)OC[C@H]2S[C@@H](n3cnc(N)nc3=O)C[C@H]2O1.Nc1ncn([C@H]2C[C@@H](O)[C@@H](CO)S2)c(=O)n1. The minimum Gasteiger partial charge on any atom is -0.462 e. The van der Waals surface area contributed by atoms with E-state index in [9.17, 15) is 53.6 Å². The van der Waals surface area contributed by atoms with Gasteiger partial charge < -0.3 is 40.2 Å². The van der Waals surface area contributed by atoms with Gasteiger partial charge in [0.05, 0.1) is 68.7 Å². The molecule has 1 unspecified atom stereocenters. The number of nitrogen functional groups attached to an aromatic ring is 2. The lowest BCUT2D eigenvalue weighted by Gasteiger charge is -2.32. The number of nitrogens with two attached hydrogens (primary N) is 2. The van der Waals surface area contributed by atoms with Crippen molar-refractivity contribution in [2.45, 2.75) is 134 Å². The van der Waals surface area contributed by atoms with Crippen molar-refractivity contribution < 1.29 is 66.3 Å². The summed E-state index contributed by atoms with van der Waals surface area (Å²) in [5.41, 5.74) is 9.27. The molecule has 9 atom stereocenters. The number of rotatable bonds is 17. The molecule has 34 heteroatoms. The predicted octanol–water partition coefficient (Wildman–Crippen LogP) is 5.16. The minimum atomic E-state index is -4.28. The summed E-state index contributed by atoms with van der Waals surface area (Å²) in [5.74, 6) is -1.48. The van der Waals surface area contributed by atoms with Crippen LogP contribution in [0.5, 0.6) is 11.5 Å². The van der Waals surface area contributed by atoms with Crippen LogP contribution in [0.4, 0.5) is 23.3 Å². The highest BCUT2D eigenvalue weighted by molar-refractivity contribution is 8.00. The highest BCUT2D eigenvalue weighted by Gasteiger charge is 2.48. The summed E-state index contributed by atoms with van der Waals surface area (Å²) in [4.78, 5) is 82.6. The maximum absolute atomic E-state index is 13.4. The van der Waals surface area contributed by atoms with Crippen molar-refractivity contribution >= 4 is 74.2 Å². The van der Waals surface area contributed by atoms with Gasteiger partial charge >= 0.3 is 38.8 Å². The van der Waals surface area contributed by atoms with Crippen molar-refractivity contribution in [3.8, 4) is 11.5 Å². The number of aliphatic hydroxyl groups is 2. The summed E-state index contributed by atoms with van der Waals surface area (Å²) in [7, 11) is -7.96. The lowest BCUT2D eigenvalue weighted by Crippen LogP contribution is -2.40. The summed E-state index contributed by atoms with van der Waals surface area (Å²) in [6, 6.07) is 7.45. The number of esters is 2. The van der Waals surface area contributed by atoms with Crippen molar-refractivity contribution in [2.75, 3.05) is 24.7 Å². The molecule has 0 radical (unpaired) electrons. The van der Waals surface area contributed by atoms with Crippen molar-refractivity contribution in [1.29, 1.82) is 0 Å². The van der Waals surface area contributed by atoms with Crippen molar-refractivity contribution in [3.63, 3.8) is 0 Å². The molecule has 4 aromatic rings. The smallest absolute Gasteiger partial charge is 0.462 e. The van der Waals surface area contributed by atoms with Crippen LogP contribution in [0, 0.1) is 20.2 Å². The van der Waals surface area contributed by atoms with Crippen molar-refractivity contribution in [2.24, 2.45) is 0 Å². The number of hydrogen-bond donors (Lipinski definition) is 6. The first-order chi connectivity index (χ1) is 34.8. The summed E-state index contributed by atoms with van der Waals surface area (Å²) in [6.45, 7) is 9.69. The number of hydrogen-bond acceptors (Lipinski definition) is 26. The number of nitrogens with one attached hydrogen (secondary N) is 2.